The average Bonchev–Trinajstić information content (AvgIpc) is 2.73. The molecule has 0 spiro atoms. The molecule has 0 aliphatic carbocycles. The van der Waals surface area contributed by atoms with Crippen LogP contribution in [-0.4, -0.2) is 33.5 Å². The number of nitrogens with zero attached hydrogens (tertiary/aromatic N) is 1. The minimum atomic E-state index is -0.420. The number of ether oxygens (including phenoxy) is 1. The summed E-state index contributed by atoms with van der Waals surface area (Å²) in [5, 5.41) is 8.94. The summed E-state index contributed by atoms with van der Waals surface area (Å²) in [4.78, 5) is 25.0. The molecule has 0 saturated carbocycles. The second-order valence-electron chi connectivity index (χ2n) is 4.36. The molecular weight excluding hydrogens is 224 g/mol. The molecule has 1 unspecified atom stereocenters. The van der Waals surface area contributed by atoms with Crippen LogP contribution in [0.5, 0.6) is 0 Å². The molecule has 17 heavy (non-hydrogen) atoms. The minimum Gasteiger partial charge on any atom is -0.394 e. The van der Waals surface area contributed by atoms with Crippen LogP contribution in [0.2, 0.25) is 0 Å². The third kappa shape index (κ3) is 2.65. The Morgan fingerprint density at radius 2 is 2.18 bits per heavy atom. The van der Waals surface area contributed by atoms with Gasteiger partial charge in [-0.15, -0.1) is 0 Å². The van der Waals surface area contributed by atoms with E-state index in [2.05, 4.69) is 4.98 Å². The van der Waals surface area contributed by atoms with E-state index in [9.17, 15) is 9.59 Å². The van der Waals surface area contributed by atoms with Gasteiger partial charge in [-0.25, -0.2) is 4.79 Å². The SMILES string of the molecule is Cc1cn(C[C@H]2CCC(CO)O2)c(=O)[nH]c1=O. The molecule has 2 atom stereocenters. The topological polar surface area (TPSA) is 84.3 Å². The van der Waals surface area contributed by atoms with Crippen LogP contribution in [0, 0.1) is 6.92 Å². The fourth-order valence-corrected chi connectivity index (χ4v) is 2.02. The Hall–Kier alpha value is -1.40. The summed E-state index contributed by atoms with van der Waals surface area (Å²) in [7, 11) is 0. The molecule has 0 bridgehead atoms. The second-order valence-corrected chi connectivity index (χ2v) is 4.36. The first kappa shape index (κ1) is 12.1. The molecule has 1 aromatic rings. The van der Waals surface area contributed by atoms with Crippen LogP contribution in [-0.2, 0) is 11.3 Å². The Morgan fingerprint density at radius 3 is 2.82 bits per heavy atom. The standard InChI is InChI=1S/C11H16N2O4/c1-7-4-13(11(16)12-10(7)15)5-8-2-3-9(6-14)17-8/h4,8-9,14H,2-3,5-6H2,1H3,(H,12,15,16)/t8-,9?/m1/s1. The predicted octanol–water partition coefficient (Wildman–Crippen LogP) is -0.615. The summed E-state index contributed by atoms with van der Waals surface area (Å²) in [6.07, 6.45) is 2.96. The Morgan fingerprint density at radius 1 is 1.47 bits per heavy atom. The largest absolute Gasteiger partial charge is 0.394 e. The maximum Gasteiger partial charge on any atom is 0.328 e. The number of aliphatic hydroxyl groups excluding tert-OH is 1. The monoisotopic (exact) mass is 240 g/mol. The van der Waals surface area contributed by atoms with Gasteiger partial charge in [0.25, 0.3) is 5.56 Å². The van der Waals surface area contributed by atoms with Crippen molar-refractivity contribution in [3.63, 3.8) is 0 Å². The van der Waals surface area contributed by atoms with E-state index in [4.69, 9.17) is 9.84 Å². The fourth-order valence-electron chi connectivity index (χ4n) is 2.02. The second kappa shape index (κ2) is 4.85. The van der Waals surface area contributed by atoms with E-state index >= 15 is 0 Å². The van der Waals surface area contributed by atoms with Gasteiger partial charge in [0.15, 0.2) is 0 Å². The molecular formula is C11H16N2O4. The molecule has 1 aromatic heterocycles. The highest BCUT2D eigenvalue weighted by Gasteiger charge is 2.25. The van der Waals surface area contributed by atoms with Gasteiger partial charge in [0.05, 0.1) is 25.4 Å². The lowest BCUT2D eigenvalue weighted by molar-refractivity contribution is 0.00443. The Balaban J connectivity index is 2.12. The summed E-state index contributed by atoms with van der Waals surface area (Å²) in [5.74, 6) is 0. The maximum atomic E-state index is 11.5. The van der Waals surface area contributed by atoms with E-state index in [1.54, 1.807) is 6.92 Å². The lowest BCUT2D eigenvalue weighted by atomic mass is 10.2. The minimum absolute atomic E-state index is 0.00997. The molecule has 0 aromatic carbocycles. The summed E-state index contributed by atoms with van der Waals surface area (Å²) >= 11 is 0. The van der Waals surface area contributed by atoms with Crippen LogP contribution >= 0.6 is 0 Å². The number of aliphatic hydroxyl groups is 1. The lowest BCUT2D eigenvalue weighted by Crippen LogP contribution is -2.34. The lowest BCUT2D eigenvalue weighted by Gasteiger charge is -2.13. The fraction of sp³-hybridized carbons (Fsp3) is 0.636. The van der Waals surface area contributed by atoms with Crippen molar-refractivity contribution in [3.8, 4) is 0 Å². The first-order valence-electron chi connectivity index (χ1n) is 5.67. The van der Waals surface area contributed by atoms with Crippen molar-refractivity contribution in [1.82, 2.24) is 9.55 Å². The first-order valence-corrected chi connectivity index (χ1v) is 5.67. The number of aromatic amines is 1. The predicted molar refractivity (Wildman–Crippen MR) is 61.0 cm³/mol. The molecule has 6 heteroatoms. The first-order chi connectivity index (χ1) is 8.10. The number of aryl methyl sites for hydroxylation is 1. The smallest absolute Gasteiger partial charge is 0.328 e. The third-order valence-corrected chi connectivity index (χ3v) is 2.99. The molecule has 1 saturated heterocycles. The van der Waals surface area contributed by atoms with Gasteiger partial charge >= 0.3 is 5.69 Å². The van der Waals surface area contributed by atoms with Crippen LogP contribution in [0.1, 0.15) is 18.4 Å². The molecule has 0 amide bonds. The number of H-pyrrole nitrogens is 1. The van der Waals surface area contributed by atoms with Gasteiger partial charge < -0.3 is 9.84 Å². The molecule has 0 radical (unpaired) electrons. The maximum absolute atomic E-state index is 11.5. The van der Waals surface area contributed by atoms with Gasteiger partial charge in [0.1, 0.15) is 0 Å². The van der Waals surface area contributed by atoms with Gasteiger partial charge in [0, 0.05) is 11.8 Å². The summed E-state index contributed by atoms with van der Waals surface area (Å²) in [6.45, 7) is 2.07. The number of hydrogen-bond acceptors (Lipinski definition) is 4. The van der Waals surface area contributed by atoms with E-state index in [0.29, 0.717) is 12.1 Å². The van der Waals surface area contributed by atoms with E-state index < -0.39 is 5.69 Å². The van der Waals surface area contributed by atoms with Crippen LogP contribution in [0.15, 0.2) is 15.8 Å². The van der Waals surface area contributed by atoms with Crippen molar-refractivity contribution < 1.29 is 9.84 Å². The molecule has 2 heterocycles. The molecule has 1 fully saturated rings. The number of nitrogens with one attached hydrogen (secondary N) is 1. The molecule has 6 nitrogen and oxygen atoms in total. The van der Waals surface area contributed by atoms with Crippen molar-refractivity contribution in [3.05, 3.63) is 32.6 Å². The van der Waals surface area contributed by atoms with E-state index in [-0.39, 0.29) is 24.4 Å². The molecule has 2 N–H and O–H groups in total. The molecule has 94 valence electrons. The Kier molecular flexibility index (Phi) is 3.44. The Bertz CT molecular complexity index is 505. The van der Waals surface area contributed by atoms with Gasteiger partial charge in [-0.05, 0) is 19.8 Å². The quantitative estimate of drug-likeness (QED) is 0.738. The van der Waals surface area contributed by atoms with Crippen molar-refractivity contribution >= 4 is 0 Å². The normalized spacial score (nSPS) is 24.1. The number of hydrogen-bond donors (Lipinski definition) is 2. The van der Waals surface area contributed by atoms with Crippen LogP contribution in [0.3, 0.4) is 0 Å². The number of rotatable bonds is 3. The van der Waals surface area contributed by atoms with Gasteiger partial charge in [-0.3, -0.25) is 14.3 Å². The van der Waals surface area contributed by atoms with Crippen LogP contribution < -0.4 is 11.2 Å². The van der Waals surface area contributed by atoms with Crippen LogP contribution in [0.25, 0.3) is 0 Å². The summed E-state index contributed by atoms with van der Waals surface area (Å²) in [5.41, 5.74) is -0.273. The average molecular weight is 240 g/mol. The highest BCUT2D eigenvalue weighted by Crippen LogP contribution is 2.19. The number of aromatic nitrogens is 2. The van der Waals surface area contributed by atoms with Crippen molar-refractivity contribution in [1.29, 1.82) is 0 Å². The molecule has 1 aliphatic rings. The van der Waals surface area contributed by atoms with Crippen molar-refractivity contribution in [2.75, 3.05) is 6.61 Å². The third-order valence-electron chi connectivity index (χ3n) is 2.99. The zero-order valence-electron chi connectivity index (χ0n) is 9.68. The summed E-state index contributed by atoms with van der Waals surface area (Å²) < 4.78 is 6.98. The highest BCUT2D eigenvalue weighted by atomic mass is 16.5. The zero-order valence-corrected chi connectivity index (χ0v) is 9.68. The van der Waals surface area contributed by atoms with Gasteiger partial charge in [-0.1, -0.05) is 0 Å². The van der Waals surface area contributed by atoms with Crippen molar-refractivity contribution in [2.45, 2.75) is 38.5 Å². The van der Waals surface area contributed by atoms with Crippen LogP contribution in [0.4, 0.5) is 0 Å². The Labute approximate surface area is 97.9 Å². The zero-order chi connectivity index (χ0) is 12.4. The highest BCUT2D eigenvalue weighted by molar-refractivity contribution is 5.00. The van der Waals surface area contributed by atoms with Gasteiger partial charge in [-0.2, -0.15) is 0 Å². The van der Waals surface area contributed by atoms with E-state index in [1.165, 1.54) is 10.8 Å². The van der Waals surface area contributed by atoms with Gasteiger partial charge in [0.2, 0.25) is 0 Å². The van der Waals surface area contributed by atoms with E-state index in [1.807, 2.05) is 0 Å². The molecule has 2 rings (SSSR count). The summed E-state index contributed by atoms with van der Waals surface area (Å²) in [6, 6.07) is 0. The molecule has 1 aliphatic heterocycles. The van der Waals surface area contributed by atoms with E-state index in [0.717, 1.165) is 12.8 Å². The van der Waals surface area contributed by atoms with Crippen molar-refractivity contribution in [2.24, 2.45) is 0 Å².